The lowest BCUT2D eigenvalue weighted by atomic mass is 10.1. The predicted molar refractivity (Wildman–Crippen MR) is 84.2 cm³/mol. The van der Waals surface area contributed by atoms with Crippen LogP contribution in [-0.2, 0) is 6.18 Å². The minimum Gasteiger partial charge on any atom is -0.282 e. The molecule has 10 heteroatoms. The summed E-state index contributed by atoms with van der Waals surface area (Å²) in [6.07, 6.45) is -2.97. The summed E-state index contributed by atoms with van der Waals surface area (Å²) in [5, 5.41) is 17.7. The normalized spacial score (nSPS) is 12.2. The van der Waals surface area contributed by atoms with Gasteiger partial charge in [-0.05, 0) is 42.9 Å². The van der Waals surface area contributed by atoms with E-state index in [2.05, 4.69) is 25.5 Å². The summed E-state index contributed by atoms with van der Waals surface area (Å²) < 4.78 is 39.2. The molecule has 24 heavy (non-hydrogen) atoms. The molecule has 6 nitrogen and oxygen atoms in total. The Morgan fingerprint density at radius 1 is 1.17 bits per heavy atom. The molecule has 1 aromatic carbocycles. The van der Waals surface area contributed by atoms with E-state index in [1.54, 1.807) is 6.07 Å². The van der Waals surface area contributed by atoms with E-state index in [1.165, 1.54) is 23.0 Å². The van der Waals surface area contributed by atoms with Crippen LogP contribution < -0.4 is 0 Å². The molecule has 124 valence electrons. The van der Waals surface area contributed by atoms with Crippen molar-refractivity contribution < 1.29 is 13.2 Å². The molecule has 3 aromatic rings. The minimum absolute atomic E-state index is 0.244. The number of benzene rings is 1. The standard InChI is InChI=1S/C14H11F3N6S/c1-8-6-11(20-19-8)12-21-22-13(24)23(12)18-7-9-2-4-10(5-3-9)14(15,16)17/h2-7H,1H3,(H,19,20)(H,22,24)/b18-7-. The quantitative estimate of drug-likeness (QED) is 0.559. The van der Waals surface area contributed by atoms with E-state index in [0.29, 0.717) is 17.1 Å². The molecule has 2 aromatic heterocycles. The fraction of sp³-hybridized carbons (Fsp3) is 0.143. The van der Waals surface area contributed by atoms with Gasteiger partial charge in [-0.25, -0.2) is 5.10 Å². The molecule has 3 rings (SSSR count). The monoisotopic (exact) mass is 352 g/mol. The Balaban J connectivity index is 1.90. The van der Waals surface area contributed by atoms with Gasteiger partial charge in [0.1, 0.15) is 5.69 Å². The first-order valence-corrected chi connectivity index (χ1v) is 7.17. The molecule has 0 saturated carbocycles. The summed E-state index contributed by atoms with van der Waals surface area (Å²) >= 11 is 5.11. The van der Waals surface area contributed by atoms with E-state index in [1.807, 2.05) is 6.92 Å². The first kappa shape index (κ1) is 16.1. The third-order valence-electron chi connectivity index (χ3n) is 3.15. The second-order valence-corrected chi connectivity index (χ2v) is 5.35. The molecular weight excluding hydrogens is 341 g/mol. The number of halogens is 3. The molecular formula is C14H11F3N6S. The first-order valence-electron chi connectivity index (χ1n) is 6.76. The topological polar surface area (TPSA) is 74.7 Å². The number of hydrogen-bond donors (Lipinski definition) is 2. The Bertz CT molecular complexity index is 933. The summed E-state index contributed by atoms with van der Waals surface area (Å²) in [7, 11) is 0. The van der Waals surface area contributed by atoms with Gasteiger partial charge in [-0.2, -0.15) is 33.1 Å². The molecule has 0 atom stereocenters. The zero-order valence-electron chi connectivity index (χ0n) is 12.3. The summed E-state index contributed by atoms with van der Waals surface area (Å²) in [5.74, 6) is 0.396. The van der Waals surface area contributed by atoms with Gasteiger partial charge in [0.2, 0.25) is 10.6 Å². The van der Waals surface area contributed by atoms with Crippen LogP contribution in [0.1, 0.15) is 16.8 Å². The van der Waals surface area contributed by atoms with Gasteiger partial charge < -0.3 is 0 Å². The van der Waals surface area contributed by atoms with Gasteiger partial charge in [-0.3, -0.25) is 5.10 Å². The third kappa shape index (κ3) is 3.27. The van der Waals surface area contributed by atoms with Crippen LogP contribution in [0.2, 0.25) is 0 Å². The van der Waals surface area contributed by atoms with Crippen molar-refractivity contribution in [1.29, 1.82) is 0 Å². The smallest absolute Gasteiger partial charge is 0.282 e. The molecule has 0 bridgehead atoms. The molecule has 2 N–H and O–H groups in total. The van der Waals surface area contributed by atoms with Gasteiger partial charge in [-0.15, -0.1) is 0 Å². The Kier molecular flexibility index (Phi) is 4.06. The Morgan fingerprint density at radius 2 is 1.88 bits per heavy atom. The number of aryl methyl sites for hydroxylation is 1. The van der Waals surface area contributed by atoms with E-state index in [9.17, 15) is 13.2 Å². The number of aromatic nitrogens is 5. The van der Waals surface area contributed by atoms with Gasteiger partial charge in [0.25, 0.3) is 0 Å². The molecule has 0 aliphatic rings. The number of H-pyrrole nitrogens is 2. The highest BCUT2D eigenvalue weighted by Gasteiger charge is 2.29. The van der Waals surface area contributed by atoms with Crippen molar-refractivity contribution in [2.24, 2.45) is 5.10 Å². The minimum atomic E-state index is -4.37. The number of aromatic amines is 2. The maximum Gasteiger partial charge on any atom is 0.416 e. The van der Waals surface area contributed by atoms with Gasteiger partial charge in [0, 0.05) is 5.69 Å². The van der Waals surface area contributed by atoms with Crippen molar-refractivity contribution >= 4 is 18.4 Å². The zero-order chi connectivity index (χ0) is 17.3. The number of nitrogens with one attached hydrogen (secondary N) is 2. The van der Waals surface area contributed by atoms with Crippen molar-refractivity contribution in [1.82, 2.24) is 25.1 Å². The molecule has 0 unspecified atom stereocenters. The van der Waals surface area contributed by atoms with Crippen LogP contribution in [0.25, 0.3) is 11.5 Å². The SMILES string of the molecule is Cc1cc(-c2n[nH]c(=S)n2/N=C\c2ccc(C(F)(F)F)cc2)n[nH]1. The fourth-order valence-electron chi connectivity index (χ4n) is 1.98. The first-order chi connectivity index (χ1) is 11.3. The largest absolute Gasteiger partial charge is 0.416 e. The summed E-state index contributed by atoms with van der Waals surface area (Å²) in [5.41, 5.74) is 1.17. The zero-order valence-corrected chi connectivity index (χ0v) is 13.1. The summed E-state index contributed by atoms with van der Waals surface area (Å²) in [6.45, 7) is 1.84. The van der Waals surface area contributed by atoms with Crippen molar-refractivity contribution in [3.63, 3.8) is 0 Å². The van der Waals surface area contributed by atoms with E-state index in [-0.39, 0.29) is 4.77 Å². The van der Waals surface area contributed by atoms with Gasteiger partial charge in [0.05, 0.1) is 11.8 Å². The average molecular weight is 352 g/mol. The highest BCUT2D eigenvalue weighted by molar-refractivity contribution is 7.71. The van der Waals surface area contributed by atoms with Crippen LogP contribution >= 0.6 is 12.2 Å². The van der Waals surface area contributed by atoms with Crippen LogP contribution in [0, 0.1) is 11.7 Å². The molecule has 0 saturated heterocycles. The van der Waals surface area contributed by atoms with E-state index in [4.69, 9.17) is 12.2 Å². The fourth-order valence-corrected chi connectivity index (χ4v) is 2.16. The third-order valence-corrected chi connectivity index (χ3v) is 3.41. The number of nitrogens with zero attached hydrogens (tertiary/aromatic N) is 4. The highest BCUT2D eigenvalue weighted by atomic mass is 32.1. The number of hydrogen-bond acceptors (Lipinski definition) is 4. The Labute approximate surface area is 139 Å². The lowest BCUT2D eigenvalue weighted by molar-refractivity contribution is -0.137. The number of alkyl halides is 3. The van der Waals surface area contributed by atoms with Gasteiger partial charge >= 0.3 is 6.18 Å². The predicted octanol–water partition coefficient (Wildman–Crippen LogP) is 3.54. The summed E-state index contributed by atoms with van der Waals surface area (Å²) in [4.78, 5) is 0. The second-order valence-electron chi connectivity index (χ2n) is 4.96. The molecule has 0 aliphatic carbocycles. The van der Waals surface area contributed by atoms with E-state index in [0.717, 1.165) is 17.8 Å². The molecule has 0 radical (unpaired) electrons. The van der Waals surface area contributed by atoms with Gasteiger partial charge in [0.15, 0.2) is 0 Å². The van der Waals surface area contributed by atoms with Crippen LogP contribution in [0.3, 0.4) is 0 Å². The maximum absolute atomic E-state index is 12.6. The van der Waals surface area contributed by atoms with Gasteiger partial charge in [-0.1, -0.05) is 12.1 Å². The second kappa shape index (κ2) is 6.04. The van der Waals surface area contributed by atoms with Crippen LogP contribution in [0.5, 0.6) is 0 Å². The highest BCUT2D eigenvalue weighted by Crippen LogP contribution is 2.28. The molecule has 0 spiro atoms. The van der Waals surface area contributed by atoms with Crippen molar-refractivity contribution in [2.45, 2.75) is 13.1 Å². The molecule has 0 fully saturated rings. The van der Waals surface area contributed by atoms with Crippen LogP contribution in [0.15, 0.2) is 35.4 Å². The van der Waals surface area contributed by atoms with E-state index < -0.39 is 11.7 Å². The Morgan fingerprint density at radius 3 is 2.46 bits per heavy atom. The lowest BCUT2D eigenvalue weighted by Gasteiger charge is -2.05. The number of rotatable bonds is 3. The maximum atomic E-state index is 12.6. The van der Waals surface area contributed by atoms with Crippen LogP contribution in [0.4, 0.5) is 13.2 Å². The van der Waals surface area contributed by atoms with Crippen molar-refractivity contribution in [3.05, 3.63) is 51.9 Å². The lowest BCUT2D eigenvalue weighted by Crippen LogP contribution is -2.04. The van der Waals surface area contributed by atoms with E-state index >= 15 is 0 Å². The molecule has 2 heterocycles. The molecule has 0 amide bonds. The van der Waals surface area contributed by atoms with Crippen molar-refractivity contribution in [3.8, 4) is 11.5 Å². The van der Waals surface area contributed by atoms with Crippen molar-refractivity contribution in [2.75, 3.05) is 0 Å². The average Bonchev–Trinajstić information content (AvgIpc) is 3.11. The summed E-state index contributed by atoms with van der Waals surface area (Å²) in [6, 6.07) is 6.42. The Hall–Kier alpha value is -2.75. The molecule has 0 aliphatic heterocycles. The van der Waals surface area contributed by atoms with Crippen LogP contribution in [-0.4, -0.2) is 31.3 Å².